The Bertz CT molecular complexity index is 710. The summed E-state index contributed by atoms with van der Waals surface area (Å²) in [4.78, 5) is 19.0. The number of hydrogen-bond acceptors (Lipinski definition) is 3. The molecular formula is C20H26N4O. The predicted molar refractivity (Wildman–Crippen MR) is 102 cm³/mol. The van der Waals surface area contributed by atoms with Crippen molar-refractivity contribution < 1.29 is 4.79 Å². The van der Waals surface area contributed by atoms with Crippen molar-refractivity contribution in [1.82, 2.24) is 10.3 Å². The molecule has 0 bridgehead atoms. The first-order valence-corrected chi connectivity index (χ1v) is 9.09. The molecule has 0 saturated carbocycles. The molecule has 1 aliphatic rings. The normalized spacial score (nSPS) is 14.2. The maximum absolute atomic E-state index is 12.2. The number of carbonyl (C=O) groups excluding carboxylic acids is 1. The molecule has 0 atom stereocenters. The summed E-state index contributed by atoms with van der Waals surface area (Å²) in [6.45, 7) is 4.71. The van der Waals surface area contributed by atoms with Crippen LogP contribution in [0.25, 0.3) is 0 Å². The molecule has 2 N–H and O–H groups in total. The van der Waals surface area contributed by atoms with Gasteiger partial charge in [0.1, 0.15) is 5.82 Å². The van der Waals surface area contributed by atoms with Gasteiger partial charge < -0.3 is 15.5 Å². The van der Waals surface area contributed by atoms with Crippen molar-refractivity contribution >= 4 is 17.5 Å². The highest BCUT2D eigenvalue weighted by Gasteiger charge is 2.12. The number of para-hydroxylation sites is 1. The van der Waals surface area contributed by atoms with Crippen LogP contribution >= 0.6 is 0 Å². The van der Waals surface area contributed by atoms with E-state index in [-0.39, 0.29) is 6.03 Å². The number of pyridine rings is 1. The number of nitrogens with one attached hydrogen (secondary N) is 2. The summed E-state index contributed by atoms with van der Waals surface area (Å²) >= 11 is 0. The van der Waals surface area contributed by atoms with E-state index in [0.717, 1.165) is 42.1 Å². The number of hydrogen-bond donors (Lipinski definition) is 2. The topological polar surface area (TPSA) is 57.3 Å². The molecular weight excluding hydrogens is 312 g/mol. The number of carbonyl (C=O) groups is 1. The molecule has 1 aliphatic heterocycles. The van der Waals surface area contributed by atoms with Gasteiger partial charge in [0.25, 0.3) is 0 Å². The third-order valence-electron chi connectivity index (χ3n) is 4.59. The molecule has 3 rings (SSSR count). The van der Waals surface area contributed by atoms with Crippen LogP contribution in [0.5, 0.6) is 0 Å². The largest absolute Gasteiger partial charge is 0.357 e. The zero-order valence-electron chi connectivity index (χ0n) is 14.8. The SMILES string of the molecule is CCc1ccccc1NC(=O)NCc1ccnc(N2CCCCC2)c1. The second kappa shape index (κ2) is 8.51. The average Bonchev–Trinajstić information content (AvgIpc) is 2.68. The maximum atomic E-state index is 12.2. The van der Waals surface area contributed by atoms with Crippen LogP contribution in [0.2, 0.25) is 0 Å². The van der Waals surface area contributed by atoms with Crippen LogP contribution in [-0.4, -0.2) is 24.1 Å². The first-order chi connectivity index (χ1) is 12.3. The third kappa shape index (κ3) is 4.72. The van der Waals surface area contributed by atoms with Gasteiger partial charge in [-0.15, -0.1) is 0 Å². The van der Waals surface area contributed by atoms with E-state index in [4.69, 9.17) is 0 Å². The lowest BCUT2D eigenvalue weighted by atomic mass is 10.1. The quantitative estimate of drug-likeness (QED) is 0.868. The van der Waals surface area contributed by atoms with E-state index in [1.807, 2.05) is 36.5 Å². The fourth-order valence-electron chi connectivity index (χ4n) is 3.17. The number of anilines is 2. The first-order valence-electron chi connectivity index (χ1n) is 9.09. The van der Waals surface area contributed by atoms with Crippen LogP contribution < -0.4 is 15.5 Å². The Balaban J connectivity index is 1.57. The van der Waals surface area contributed by atoms with Gasteiger partial charge in [-0.2, -0.15) is 0 Å². The standard InChI is InChI=1S/C20H26N4O/c1-2-17-8-4-5-9-18(17)23-20(25)22-15-16-10-11-21-19(14-16)24-12-6-3-7-13-24/h4-5,8-11,14H,2-3,6-7,12-13,15H2,1H3,(H2,22,23,25). The molecule has 25 heavy (non-hydrogen) atoms. The van der Waals surface area contributed by atoms with Crippen LogP contribution in [0.1, 0.15) is 37.3 Å². The van der Waals surface area contributed by atoms with Crippen molar-refractivity contribution in [2.24, 2.45) is 0 Å². The van der Waals surface area contributed by atoms with Gasteiger partial charge in [0.15, 0.2) is 0 Å². The van der Waals surface area contributed by atoms with Crippen LogP contribution in [0.3, 0.4) is 0 Å². The van der Waals surface area contributed by atoms with Gasteiger partial charge in [0, 0.05) is 31.5 Å². The lowest BCUT2D eigenvalue weighted by molar-refractivity contribution is 0.251. The van der Waals surface area contributed by atoms with E-state index >= 15 is 0 Å². The van der Waals surface area contributed by atoms with E-state index in [1.54, 1.807) is 0 Å². The zero-order chi connectivity index (χ0) is 17.5. The summed E-state index contributed by atoms with van der Waals surface area (Å²) < 4.78 is 0. The number of piperidine rings is 1. The summed E-state index contributed by atoms with van der Waals surface area (Å²) in [6.07, 6.45) is 6.47. The van der Waals surface area contributed by atoms with Gasteiger partial charge in [0.2, 0.25) is 0 Å². The summed E-state index contributed by atoms with van der Waals surface area (Å²) in [6, 6.07) is 11.7. The molecule has 2 aromatic rings. The molecule has 2 heterocycles. The summed E-state index contributed by atoms with van der Waals surface area (Å²) in [5.41, 5.74) is 3.06. The molecule has 5 nitrogen and oxygen atoms in total. The molecule has 1 saturated heterocycles. The van der Waals surface area contributed by atoms with Gasteiger partial charge in [0.05, 0.1) is 0 Å². The Labute approximate surface area is 149 Å². The highest BCUT2D eigenvalue weighted by atomic mass is 16.2. The van der Waals surface area contributed by atoms with Crippen molar-refractivity contribution in [3.63, 3.8) is 0 Å². The maximum Gasteiger partial charge on any atom is 0.319 e. The Morgan fingerprint density at radius 2 is 1.96 bits per heavy atom. The lowest BCUT2D eigenvalue weighted by Crippen LogP contribution is -2.31. The van der Waals surface area contributed by atoms with Crippen molar-refractivity contribution in [1.29, 1.82) is 0 Å². The number of benzene rings is 1. The smallest absolute Gasteiger partial charge is 0.319 e. The molecule has 0 radical (unpaired) electrons. The molecule has 1 aromatic carbocycles. The van der Waals surface area contributed by atoms with E-state index in [0.29, 0.717) is 6.54 Å². The number of nitrogens with zero attached hydrogens (tertiary/aromatic N) is 2. The van der Waals surface area contributed by atoms with Gasteiger partial charge in [-0.05, 0) is 55.0 Å². The van der Waals surface area contributed by atoms with Crippen LogP contribution in [-0.2, 0) is 13.0 Å². The Morgan fingerprint density at radius 1 is 1.16 bits per heavy atom. The average molecular weight is 338 g/mol. The summed E-state index contributed by atoms with van der Waals surface area (Å²) in [5.74, 6) is 1.01. The van der Waals surface area contributed by atoms with Crippen molar-refractivity contribution in [2.75, 3.05) is 23.3 Å². The molecule has 2 amide bonds. The Kier molecular flexibility index (Phi) is 5.88. The van der Waals surface area contributed by atoms with Crippen LogP contribution in [0.15, 0.2) is 42.6 Å². The molecule has 0 aliphatic carbocycles. The number of rotatable bonds is 5. The molecule has 1 aromatic heterocycles. The highest BCUT2D eigenvalue weighted by molar-refractivity contribution is 5.90. The van der Waals surface area contributed by atoms with Gasteiger partial charge in [-0.1, -0.05) is 25.1 Å². The van der Waals surface area contributed by atoms with Crippen molar-refractivity contribution in [2.45, 2.75) is 39.2 Å². The second-order valence-electron chi connectivity index (χ2n) is 6.39. The monoisotopic (exact) mass is 338 g/mol. The minimum Gasteiger partial charge on any atom is -0.357 e. The minimum absolute atomic E-state index is 0.183. The lowest BCUT2D eigenvalue weighted by Gasteiger charge is -2.27. The summed E-state index contributed by atoms with van der Waals surface area (Å²) in [7, 11) is 0. The fourth-order valence-corrected chi connectivity index (χ4v) is 3.17. The molecule has 0 spiro atoms. The predicted octanol–water partition coefficient (Wildman–Crippen LogP) is 3.96. The molecule has 0 unspecified atom stereocenters. The van der Waals surface area contributed by atoms with Crippen LogP contribution in [0.4, 0.5) is 16.3 Å². The summed E-state index contributed by atoms with van der Waals surface area (Å²) in [5, 5.41) is 5.87. The fraction of sp³-hybridized carbons (Fsp3) is 0.400. The van der Waals surface area contributed by atoms with E-state index in [2.05, 4.69) is 33.5 Å². The highest BCUT2D eigenvalue weighted by Crippen LogP contribution is 2.18. The number of amides is 2. The molecule has 132 valence electrons. The number of aromatic nitrogens is 1. The van der Waals surface area contributed by atoms with Crippen LogP contribution in [0, 0.1) is 0 Å². The van der Waals surface area contributed by atoms with Gasteiger partial charge >= 0.3 is 6.03 Å². The second-order valence-corrected chi connectivity index (χ2v) is 6.39. The van der Waals surface area contributed by atoms with E-state index in [1.165, 1.54) is 19.3 Å². The van der Waals surface area contributed by atoms with Crippen molar-refractivity contribution in [3.8, 4) is 0 Å². The van der Waals surface area contributed by atoms with E-state index < -0.39 is 0 Å². The zero-order valence-corrected chi connectivity index (χ0v) is 14.8. The third-order valence-corrected chi connectivity index (χ3v) is 4.59. The Hall–Kier alpha value is -2.56. The van der Waals surface area contributed by atoms with Gasteiger partial charge in [-0.3, -0.25) is 0 Å². The number of urea groups is 1. The molecule has 5 heteroatoms. The Morgan fingerprint density at radius 3 is 2.76 bits per heavy atom. The van der Waals surface area contributed by atoms with Crippen molar-refractivity contribution in [3.05, 3.63) is 53.7 Å². The minimum atomic E-state index is -0.183. The van der Waals surface area contributed by atoms with E-state index in [9.17, 15) is 4.79 Å². The first kappa shape index (κ1) is 17.3. The molecule has 1 fully saturated rings. The van der Waals surface area contributed by atoms with Gasteiger partial charge in [-0.25, -0.2) is 9.78 Å². The number of aryl methyl sites for hydroxylation is 1.